The summed E-state index contributed by atoms with van der Waals surface area (Å²) in [5.41, 5.74) is 0. The average molecular weight is 801 g/mol. The van der Waals surface area contributed by atoms with Crippen LogP contribution in [0.1, 0.15) is 52.4 Å². The van der Waals surface area contributed by atoms with E-state index in [1.165, 1.54) is 9.79 Å². The first-order valence-corrected chi connectivity index (χ1v) is 22.1. The van der Waals surface area contributed by atoms with Crippen LogP contribution in [0.25, 0.3) is 10.8 Å². The Labute approximate surface area is 340 Å². The Balaban J connectivity index is 1.21. The van der Waals surface area contributed by atoms with Crippen LogP contribution < -0.4 is 9.47 Å². The molecule has 4 atom stereocenters. The Kier molecular flexibility index (Phi) is 19.1. The molecule has 0 bridgehead atoms. The fraction of sp³-hybridized carbons (Fsp3) is 0.391. The fourth-order valence-corrected chi connectivity index (χ4v) is 9.25. The first kappa shape index (κ1) is 43.0. The summed E-state index contributed by atoms with van der Waals surface area (Å²) in [6.07, 6.45) is 5.05. The minimum absolute atomic E-state index is 0.0792. The zero-order valence-electron chi connectivity index (χ0n) is 32.1. The zero-order chi connectivity index (χ0) is 38.5. The highest BCUT2D eigenvalue weighted by molar-refractivity contribution is 8.00. The van der Waals surface area contributed by atoms with Crippen LogP contribution >= 0.6 is 35.3 Å². The molecule has 55 heavy (non-hydrogen) atoms. The normalized spacial score (nSPS) is 13.7. The lowest BCUT2D eigenvalue weighted by Gasteiger charge is -2.21. The van der Waals surface area contributed by atoms with E-state index in [1.54, 1.807) is 11.8 Å². The van der Waals surface area contributed by atoms with E-state index in [9.17, 15) is 10.2 Å². The third-order valence-corrected chi connectivity index (χ3v) is 12.4. The van der Waals surface area contributed by atoms with Gasteiger partial charge in [0.2, 0.25) is 0 Å². The third-order valence-electron chi connectivity index (χ3n) is 8.82. The van der Waals surface area contributed by atoms with Gasteiger partial charge in [-0.15, -0.1) is 23.5 Å². The second-order valence-electron chi connectivity index (χ2n) is 13.6. The van der Waals surface area contributed by atoms with Crippen molar-refractivity contribution in [3.8, 4) is 11.5 Å². The predicted octanol–water partition coefficient (Wildman–Crippen LogP) is 11.2. The first-order chi connectivity index (χ1) is 27.0. The largest absolute Gasteiger partial charge is 0.490 e. The van der Waals surface area contributed by atoms with Gasteiger partial charge in [-0.3, -0.25) is 0 Å². The molecule has 0 saturated heterocycles. The Morgan fingerprint density at radius 1 is 0.509 bits per heavy atom. The van der Waals surface area contributed by atoms with Crippen molar-refractivity contribution >= 4 is 46.1 Å². The average Bonchev–Trinajstić information content (AvgIpc) is 3.21. The van der Waals surface area contributed by atoms with Crippen LogP contribution in [0, 0.1) is 0 Å². The quantitative estimate of drug-likeness (QED) is 0.0532. The highest BCUT2D eigenvalue weighted by atomic mass is 32.2. The number of ether oxygens (including phenoxy) is 4. The molecule has 4 unspecified atom stereocenters. The van der Waals surface area contributed by atoms with Gasteiger partial charge in [-0.1, -0.05) is 130 Å². The Morgan fingerprint density at radius 2 is 0.964 bits per heavy atom. The van der Waals surface area contributed by atoms with Gasteiger partial charge in [0.1, 0.15) is 36.9 Å². The molecule has 5 rings (SSSR count). The monoisotopic (exact) mass is 800 g/mol. The van der Waals surface area contributed by atoms with E-state index in [0.29, 0.717) is 35.2 Å². The minimum atomic E-state index is -0.805. The summed E-state index contributed by atoms with van der Waals surface area (Å²) in [5.74, 6) is 1.33. The molecule has 2 N–H and O–H groups in total. The molecule has 0 saturated carbocycles. The van der Waals surface area contributed by atoms with Crippen molar-refractivity contribution in [2.24, 2.45) is 0 Å². The van der Waals surface area contributed by atoms with Gasteiger partial charge < -0.3 is 29.2 Å². The second-order valence-corrected chi connectivity index (χ2v) is 17.4. The number of thioether (sulfide) groups is 2. The van der Waals surface area contributed by atoms with Crippen molar-refractivity contribution in [3.63, 3.8) is 0 Å². The smallest absolute Gasteiger partial charge is 0.141 e. The molecule has 0 aromatic heterocycles. The number of rotatable bonds is 26. The third kappa shape index (κ3) is 15.0. The summed E-state index contributed by atoms with van der Waals surface area (Å²) >= 11 is 5.24. The van der Waals surface area contributed by atoms with Gasteiger partial charge in [0.05, 0.1) is 31.3 Å². The van der Waals surface area contributed by atoms with Crippen LogP contribution in [0.5, 0.6) is 11.5 Å². The zero-order valence-corrected chi connectivity index (χ0v) is 34.5. The van der Waals surface area contributed by atoms with Gasteiger partial charge >= 0.3 is 0 Å². The van der Waals surface area contributed by atoms with Gasteiger partial charge in [0, 0.05) is 36.0 Å². The molecule has 0 aliphatic rings. The van der Waals surface area contributed by atoms with E-state index in [4.69, 9.17) is 18.9 Å². The maximum absolute atomic E-state index is 11.0. The van der Waals surface area contributed by atoms with Crippen molar-refractivity contribution in [2.75, 3.05) is 39.6 Å². The summed E-state index contributed by atoms with van der Waals surface area (Å²) in [6.45, 7) is 6.06. The molecular weight excluding hydrogens is 745 g/mol. The van der Waals surface area contributed by atoms with Crippen molar-refractivity contribution in [1.82, 2.24) is 0 Å². The molecule has 6 nitrogen and oxygen atoms in total. The maximum Gasteiger partial charge on any atom is 0.141 e. The Bertz CT molecular complexity index is 1780. The Hall–Kier alpha value is -3.15. The minimum Gasteiger partial charge on any atom is -0.490 e. The van der Waals surface area contributed by atoms with Crippen molar-refractivity contribution in [3.05, 3.63) is 121 Å². The summed E-state index contributed by atoms with van der Waals surface area (Å²) in [4.78, 5) is 4.36. The van der Waals surface area contributed by atoms with Crippen LogP contribution in [0.4, 0.5) is 0 Å². The molecular formula is C46H56O6S3. The molecule has 0 fully saturated rings. The highest BCUT2D eigenvalue weighted by Crippen LogP contribution is 2.44. The van der Waals surface area contributed by atoms with Crippen molar-refractivity contribution in [1.29, 1.82) is 0 Å². The van der Waals surface area contributed by atoms with E-state index < -0.39 is 12.2 Å². The number of unbranched alkanes of at least 4 members (excludes halogenated alkanes) is 2. The van der Waals surface area contributed by atoms with Crippen molar-refractivity contribution < 1.29 is 29.2 Å². The summed E-state index contributed by atoms with van der Waals surface area (Å²) in [7, 11) is 0. The standard InChI is InChI=1S/C46H56O6S3/c1-3-5-18-40(53-37-20-10-7-11-21-37)33-49-29-35(47)31-51-44-28-45(55-39-24-14-9-15-25-39)46(43-27-17-16-26-42(43)44)52-32-36(48)30-50-34-41(19-6-4-2)54-38-22-12-8-13-23-38/h7-17,20-28,35-36,40-41,47-48H,3-6,18-19,29-34H2,1-2H3. The predicted molar refractivity (Wildman–Crippen MR) is 230 cm³/mol. The van der Waals surface area contributed by atoms with E-state index >= 15 is 0 Å². The number of fused-ring (bicyclic) bond motifs is 1. The van der Waals surface area contributed by atoms with E-state index in [1.807, 2.05) is 84.2 Å². The van der Waals surface area contributed by atoms with Gasteiger partial charge in [-0.2, -0.15) is 0 Å². The summed E-state index contributed by atoms with van der Waals surface area (Å²) in [6, 6.07) is 40.9. The molecule has 5 aromatic rings. The lowest BCUT2D eigenvalue weighted by atomic mass is 10.1. The second kappa shape index (κ2) is 24.5. The molecule has 294 valence electrons. The maximum atomic E-state index is 11.0. The summed E-state index contributed by atoms with van der Waals surface area (Å²) in [5, 5.41) is 24.4. The SMILES string of the molecule is CCCCC(COCC(O)COc1cc(Sc2ccccc2)c(OCC(O)COCC(CCCC)Sc2ccccc2)c2ccccc12)Sc1ccccc1. The van der Waals surface area contributed by atoms with E-state index in [2.05, 4.69) is 74.5 Å². The van der Waals surface area contributed by atoms with Crippen LogP contribution in [0.2, 0.25) is 0 Å². The molecule has 0 heterocycles. The van der Waals surface area contributed by atoms with Crippen LogP contribution in [-0.2, 0) is 9.47 Å². The van der Waals surface area contributed by atoms with E-state index in [-0.39, 0.29) is 26.4 Å². The fourth-order valence-electron chi connectivity index (χ4n) is 5.98. The highest BCUT2D eigenvalue weighted by Gasteiger charge is 2.20. The molecule has 0 radical (unpaired) electrons. The van der Waals surface area contributed by atoms with Crippen molar-refractivity contribution in [2.45, 2.75) is 94.7 Å². The summed E-state index contributed by atoms with van der Waals surface area (Å²) < 4.78 is 24.9. The van der Waals surface area contributed by atoms with Gasteiger partial charge in [-0.25, -0.2) is 0 Å². The van der Waals surface area contributed by atoms with Crippen LogP contribution in [-0.4, -0.2) is 72.6 Å². The molecule has 9 heteroatoms. The number of aliphatic hydroxyl groups excluding tert-OH is 2. The van der Waals surface area contributed by atoms with Gasteiger partial charge in [0.15, 0.2) is 0 Å². The Morgan fingerprint density at radius 3 is 1.47 bits per heavy atom. The molecule has 0 amide bonds. The lowest BCUT2D eigenvalue weighted by molar-refractivity contribution is 0.0115. The molecule has 5 aromatic carbocycles. The number of benzene rings is 5. The van der Waals surface area contributed by atoms with E-state index in [0.717, 1.165) is 59.1 Å². The van der Waals surface area contributed by atoms with Crippen LogP contribution in [0.3, 0.4) is 0 Å². The van der Waals surface area contributed by atoms with Gasteiger partial charge in [0.25, 0.3) is 0 Å². The molecule has 0 spiro atoms. The molecule has 0 aliphatic heterocycles. The number of hydrogen-bond donors (Lipinski definition) is 2. The van der Waals surface area contributed by atoms with Crippen LogP contribution in [0.15, 0.2) is 141 Å². The topological polar surface area (TPSA) is 77.4 Å². The number of hydrogen-bond acceptors (Lipinski definition) is 9. The lowest BCUT2D eigenvalue weighted by Crippen LogP contribution is -2.26. The molecule has 0 aliphatic carbocycles. The van der Waals surface area contributed by atoms with Gasteiger partial charge in [-0.05, 0) is 55.3 Å². The number of aliphatic hydroxyl groups is 2. The first-order valence-electron chi connectivity index (χ1n) is 19.5.